The maximum Gasteiger partial charge on any atom is 0.266 e. The number of anilines is 2. The van der Waals surface area contributed by atoms with Gasteiger partial charge in [0.05, 0.1) is 35.7 Å². The molecule has 2 aliphatic heterocycles. The second-order valence-electron chi connectivity index (χ2n) is 8.96. The van der Waals surface area contributed by atoms with Crippen LogP contribution in [0.5, 0.6) is 11.5 Å². The van der Waals surface area contributed by atoms with Crippen molar-refractivity contribution in [3.05, 3.63) is 83.4 Å². The Kier molecular flexibility index (Phi) is 7.35. The molecule has 5 rings (SSSR count). The van der Waals surface area contributed by atoms with Gasteiger partial charge in [0.15, 0.2) is 17.6 Å². The van der Waals surface area contributed by atoms with E-state index < -0.39 is 24.0 Å². The molecule has 0 N–H and O–H groups in total. The standard InChI is InChI=1S/C29H29ClN2O5/c1-3-5-17-36-23-16-15-19(18-24(23)35-4-2)26-25-27(37-32(26)20-11-7-6-8-12-20)29(34)31(28(25)33)22-14-10-9-13-21(22)30/h6-16,18,25-27H,3-5,17H2,1-2H3/t25-,26-,27+/m1/s1. The van der Waals surface area contributed by atoms with E-state index in [1.54, 1.807) is 29.3 Å². The molecule has 2 amide bonds. The summed E-state index contributed by atoms with van der Waals surface area (Å²) in [6.07, 6.45) is 0.975. The van der Waals surface area contributed by atoms with E-state index in [1.165, 1.54) is 0 Å². The molecule has 0 bridgehead atoms. The third-order valence-electron chi connectivity index (χ3n) is 6.58. The van der Waals surface area contributed by atoms with Crippen LogP contribution in [0.4, 0.5) is 11.4 Å². The van der Waals surface area contributed by atoms with Gasteiger partial charge in [-0.15, -0.1) is 0 Å². The Balaban J connectivity index is 1.56. The van der Waals surface area contributed by atoms with Crippen LogP contribution in [0.1, 0.15) is 38.3 Å². The molecule has 3 atom stereocenters. The zero-order valence-electron chi connectivity index (χ0n) is 20.8. The van der Waals surface area contributed by atoms with Crippen molar-refractivity contribution in [1.29, 1.82) is 0 Å². The molecule has 37 heavy (non-hydrogen) atoms. The number of rotatable bonds is 9. The summed E-state index contributed by atoms with van der Waals surface area (Å²) in [4.78, 5) is 34.8. The van der Waals surface area contributed by atoms with Gasteiger partial charge in [0.1, 0.15) is 5.92 Å². The number of halogens is 1. The number of para-hydroxylation sites is 2. The van der Waals surface area contributed by atoms with Crippen LogP contribution < -0.4 is 19.4 Å². The fourth-order valence-electron chi connectivity index (χ4n) is 4.85. The summed E-state index contributed by atoms with van der Waals surface area (Å²) in [5, 5.41) is 1.99. The lowest BCUT2D eigenvalue weighted by molar-refractivity contribution is -0.126. The molecule has 2 aliphatic rings. The van der Waals surface area contributed by atoms with E-state index in [2.05, 4.69) is 6.92 Å². The Morgan fingerprint density at radius 3 is 2.38 bits per heavy atom. The van der Waals surface area contributed by atoms with Crippen LogP contribution in [0.2, 0.25) is 5.02 Å². The number of nitrogens with zero attached hydrogens (tertiary/aromatic N) is 2. The third kappa shape index (κ3) is 4.65. The third-order valence-corrected chi connectivity index (χ3v) is 6.90. The van der Waals surface area contributed by atoms with Gasteiger partial charge in [0, 0.05) is 0 Å². The molecular formula is C29H29ClN2O5. The fourth-order valence-corrected chi connectivity index (χ4v) is 5.07. The quantitative estimate of drug-likeness (QED) is 0.256. The van der Waals surface area contributed by atoms with Crippen molar-refractivity contribution in [3.63, 3.8) is 0 Å². The zero-order valence-corrected chi connectivity index (χ0v) is 21.6. The predicted octanol–water partition coefficient (Wildman–Crippen LogP) is 5.97. The van der Waals surface area contributed by atoms with E-state index in [0.717, 1.165) is 29.0 Å². The molecule has 7 nitrogen and oxygen atoms in total. The number of hydrogen-bond donors (Lipinski definition) is 0. The average Bonchev–Trinajstić information content (AvgIpc) is 3.42. The van der Waals surface area contributed by atoms with Gasteiger partial charge in [0.2, 0.25) is 5.91 Å². The van der Waals surface area contributed by atoms with Gasteiger partial charge in [-0.05, 0) is 55.3 Å². The molecule has 3 aromatic rings. The highest BCUT2D eigenvalue weighted by atomic mass is 35.5. The molecule has 0 saturated carbocycles. The van der Waals surface area contributed by atoms with Crippen molar-refractivity contribution in [2.45, 2.75) is 38.8 Å². The summed E-state index contributed by atoms with van der Waals surface area (Å²) in [6, 6.07) is 21.4. The van der Waals surface area contributed by atoms with Crippen molar-refractivity contribution >= 4 is 34.8 Å². The van der Waals surface area contributed by atoms with Gasteiger partial charge in [-0.2, -0.15) is 0 Å². The Bertz CT molecular complexity index is 1280. The fraction of sp³-hybridized carbons (Fsp3) is 0.310. The SMILES string of the molecule is CCCCOc1ccc([C@@H]2[C@H]3C(=O)N(c4ccccc4Cl)C(=O)[C@H]3ON2c2ccccc2)cc1OCC. The van der Waals surface area contributed by atoms with Gasteiger partial charge in [-0.25, -0.2) is 9.96 Å². The molecule has 0 aliphatic carbocycles. The summed E-state index contributed by atoms with van der Waals surface area (Å²) in [6.45, 7) is 5.06. The van der Waals surface area contributed by atoms with E-state index in [-0.39, 0.29) is 5.91 Å². The average molecular weight is 521 g/mol. The Labute approximate surface area is 221 Å². The lowest BCUT2D eigenvalue weighted by Crippen LogP contribution is -2.37. The number of ether oxygens (including phenoxy) is 2. The van der Waals surface area contributed by atoms with E-state index in [1.807, 2.05) is 55.5 Å². The lowest BCUT2D eigenvalue weighted by atomic mass is 9.90. The first-order chi connectivity index (χ1) is 18.0. The zero-order chi connectivity index (χ0) is 25.9. The van der Waals surface area contributed by atoms with E-state index in [4.69, 9.17) is 25.9 Å². The molecule has 192 valence electrons. The Hall–Kier alpha value is -3.55. The Morgan fingerprint density at radius 1 is 0.892 bits per heavy atom. The first-order valence-corrected chi connectivity index (χ1v) is 13.0. The van der Waals surface area contributed by atoms with E-state index >= 15 is 0 Å². The number of carbonyl (C=O) groups excluding carboxylic acids is 2. The molecule has 2 saturated heterocycles. The molecule has 0 unspecified atom stereocenters. The smallest absolute Gasteiger partial charge is 0.266 e. The number of carbonyl (C=O) groups is 2. The van der Waals surface area contributed by atoms with Crippen LogP contribution in [-0.4, -0.2) is 31.1 Å². The van der Waals surface area contributed by atoms with Crippen molar-refractivity contribution in [2.24, 2.45) is 5.92 Å². The number of fused-ring (bicyclic) bond motifs is 1. The number of hydrogen-bond acceptors (Lipinski definition) is 6. The minimum atomic E-state index is -0.981. The van der Waals surface area contributed by atoms with Crippen LogP contribution in [0.25, 0.3) is 0 Å². The summed E-state index contributed by atoms with van der Waals surface area (Å²) in [5.74, 6) is -0.325. The van der Waals surface area contributed by atoms with Crippen LogP contribution in [0, 0.1) is 5.92 Å². The molecule has 2 heterocycles. The van der Waals surface area contributed by atoms with Crippen LogP contribution >= 0.6 is 11.6 Å². The second kappa shape index (κ2) is 10.8. The first-order valence-electron chi connectivity index (χ1n) is 12.6. The first kappa shape index (κ1) is 25.1. The maximum atomic E-state index is 13.8. The molecule has 8 heteroatoms. The minimum Gasteiger partial charge on any atom is -0.490 e. The molecule has 0 spiro atoms. The normalized spacial score (nSPS) is 20.9. The van der Waals surface area contributed by atoms with Gasteiger partial charge >= 0.3 is 0 Å². The minimum absolute atomic E-state index is 0.327. The highest BCUT2D eigenvalue weighted by molar-refractivity contribution is 6.36. The lowest BCUT2D eigenvalue weighted by Gasteiger charge is -2.29. The maximum absolute atomic E-state index is 13.8. The molecule has 0 radical (unpaired) electrons. The van der Waals surface area contributed by atoms with Crippen molar-refractivity contribution in [2.75, 3.05) is 23.2 Å². The predicted molar refractivity (Wildman–Crippen MR) is 142 cm³/mol. The van der Waals surface area contributed by atoms with Crippen molar-refractivity contribution in [1.82, 2.24) is 0 Å². The molecule has 3 aromatic carbocycles. The van der Waals surface area contributed by atoms with Crippen LogP contribution in [-0.2, 0) is 14.4 Å². The molecule has 0 aromatic heterocycles. The number of hydroxylamine groups is 1. The number of benzene rings is 3. The summed E-state index contributed by atoms with van der Waals surface area (Å²) >= 11 is 6.37. The van der Waals surface area contributed by atoms with Crippen LogP contribution in [0.15, 0.2) is 72.8 Å². The molecule has 2 fully saturated rings. The largest absolute Gasteiger partial charge is 0.490 e. The van der Waals surface area contributed by atoms with Crippen molar-refractivity contribution < 1.29 is 23.9 Å². The summed E-state index contributed by atoms with van der Waals surface area (Å²) in [7, 11) is 0. The van der Waals surface area contributed by atoms with Crippen molar-refractivity contribution in [3.8, 4) is 11.5 Å². The van der Waals surface area contributed by atoms with Crippen LogP contribution in [0.3, 0.4) is 0 Å². The number of amides is 2. The van der Waals surface area contributed by atoms with Gasteiger partial charge in [-0.3, -0.25) is 14.4 Å². The number of unbranched alkanes of at least 4 members (excludes halogenated alkanes) is 1. The van der Waals surface area contributed by atoms with E-state index in [9.17, 15) is 9.59 Å². The number of imide groups is 1. The van der Waals surface area contributed by atoms with Gasteiger partial charge in [0.25, 0.3) is 5.91 Å². The summed E-state index contributed by atoms with van der Waals surface area (Å²) in [5.41, 5.74) is 1.88. The topological polar surface area (TPSA) is 68.3 Å². The monoisotopic (exact) mass is 520 g/mol. The second-order valence-corrected chi connectivity index (χ2v) is 9.37. The van der Waals surface area contributed by atoms with E-state index in [0.29, 0.717) is 35.4 Å². The highest BCUT2D eigenvalue weighted by Gasteiger charge is 2.60. The molecular weight excluding hydrogens is 492 g/mol. The highest BCUT2D eigenvalue weighted by Crippen LogP contribution is 2.49. The summed E-state index contributed by atoms with van der Waals surface area (Å²) < 4.78 is 11.9. The van der Waals surface area contributed by atoms with Gasteiger partial charge < -0.3 is 9.47 Å². The Morgan fingerprint density at radius 2 is 1.65 bits per heavy atom. The van der Waals surface area contributed by atoms with Gasteiger partial charge in [-0.1, -0.05) is 61.3 Å².